The van der Waals surface area contributed by atoms with Crippen molar-refractivity contribution in [2.45, 2.75) is 63.5 Å². The van der Waals surface area contributed by atoms with Gasteiger partial charge in [-0.25, -0.2) is 0 Å². The van der Waals surface area contributed by atoms with Gasteiger partial charge in [0.15, 0.2) is 0 Å². The number of hydrogen-bond acceptors (Lipinski definition) is 4. The van der Waals surface area contributed by atoms with Crippen molar-refractivity contribution in [1.29, 1.82) is 0 Å². The smallest absolute Gasteiger partial charge is 0.224 e. The highest BCUT2D eigenvalue weighted by Crippen LogP contribution is 2.35. The molecule has 4 rings (SSSR count). The van der Waals surface area contributed by atoms with Gasteiger partial charge in [-0.05, 0) is 38.3 Å². The Morgan fingerprint density at radius 2 is 2.04 bits per heavy atom. The molecule has 1 aromatic carbocycles. The second-order valence-corrected chi connectivity index (χ2v) is 8.22. The number of benzene rings is 1. The molecule has 3 aliphatic heterocycles. The molecule has 2 saturated heterocycles. The van der Waals surface area contributed by atoms with Gasteiger partial charge in [0, 0.05) is 56.2 Å². The maximum atomic E-state index is 13.1. The fraction of sp³-hybridized carbons (Fsp3) is 0.636. The van der Waals surface area contributed by atoms with Crippen molar-refractivity contribution in [3.63, 3.8) is 0 Å². The van der Waals surface area contributed by atoms with Crippen molar-refractivity contribution in [3.05, 3.63) is 35.9 Å². The van der Waals surface area contributed by atoms with Gasteiger partial charge >= 0.3 is 0 Å². The van der Waals surface area contributed by atoms with E-state index in [1.54, 1.807) is 0 Å². The number of hydrogen-bond donors (Lipinski definition) is 1. The van der Waals surface area contributed by atoms with E-state index in [1.807, 2.05) is 0 Å². The van der Waals surface area contributed by atoms with Gasteiger partial charge in [0.1, 0.15) is 0 Å². The first-order valence-electron chi connectivity index (χ1n) is 10.6. The van der Waals surface area contributed by atoms with Gasteiger partial charge < -0.3 is 10.2 Å². The minimum Gasteiger partial charge on any atom is -0.338 e. The third-order valence-corrected chi connectivity index (χ3v) is 6.41. The lowest BCUT2D eigenvalue weighted by Gasteiger charge is -2.45. The van der Waals surface area contributed by atoms with Gasteiger partial charge in [-0.1, -0.05) is 36.8 Å². The van der Waals surface area contributed by atoms with Gasteiger partial charge in [-0.2, -0.15) is 5.10 Å². The van der Waals surface area contributed by atoms with Crippen LogP contribution in [0.1, 0.15) is 56.9 Å². The third kappa shape index (κ3) is 4.18. The number of hydrazone groups is 1. The quantitative estimate of drug-likeness (QED) is 0.889. The third-order valence-electron chi connectivity index (χ3n) is 6.41. The van der Waals surface area contributed by atoms with Gasteiger partial charge in [-0.3, -0.25) is 9.80 Å². The molecule has 1 aromatic rings. The van der Waals surface area contributed by atoms with E-state index in [0.29, 0.717) is 30.3 Å². The molecule has 0 aliphatic carbocycles. The minimum absolute atomic E-state index is 0.306. The highest BCUT2D eigenvalue weighted by Gasteiger charge is 2.40. The average Bonchev–Trinajstić information content (AvgIpc) is 2.96. The van der Waals surface area contributed by atoms with E-state index in [4.69, 9.17) is 0 Å². The standard InChI is InChI=1S/C22H32N4O/c1-17-10-14-25(24-17)15-12-21(27)26-16-11-19(18-7-3-2-4-8-18)22-20(26)9-5-6-13-23-22/h2-4,7-8,19-20,22-23H,5-6,9-16H2,1H3/t19-,20-,22-/m1/s1. The number of nitrogens with one attached hydrogen (secondary N) is 1. The topological polar surface area (TPSA) is 47.9 Å². The molecule has 0 radical (unpaired) electrons. The lowest BCUT2D eigenvalue weighted by atomic mass is 9.79. The molecule has 2 fully saturated rings. The summed E-state index contributed by atoms with van der Waals surface area (Å²) in [6.07, 6.45) is 6.19. The van der Waals surface area contributed by atoms with Crippen molar-refractivity contribution < 1.29 is 4.79 Å². The summed E-state index contributed by atoms with van der Waals surface area (Å²) in [7, 11) is 0. The van der Waals surface area contributed by atoms with E-state index in [0.717, 1.165) is 45.4 Å². The molecule has 1 amide bonds. The lowest BCUT2D eigenvalue weighted by molar-refractivity contribution is -0.136. The summed E-state index contributed by atoms with van der Waals surface area (Å²) in [5.74, 6) is 0.809. The van der Waals surface area contributed by atoms with E-state index in [2.05, 4.69) is 57.6 Å². The molecule has 3 heterocycles. The normalized spacial score (nSPS) is 28.5. The number of fused-ring (bicyclic) bond motifs is 1. The van der Waals surface area contributed by atoms with E-state index in [9.17, 15) is 4.79 Å². The number of carbonyl (C=O) groups is 1. The summed E-state index contributed by atoms with van der Waals surface area (Å²) in [6, 6.07) is 11.6. The summed E-state index contributed by atoms with van der Waals surface area (Å²) < 4.78 is 0. The molecule has 0 aromatic heterocycles. The molecule has 3 atom stereocenters. The molecular formula is C22H32N4O. The molecule has 1 N–H and O–H groups in total. The maximum absolute atomic E-state index is 13.1. The molecule has 0 saturated carbocycles. The van der Waals surface area contributed by atoms with Crippen LogP contribution in [0.2, 0.25) is 0 Å². The van der Waals surface area contributed by atoms with Gasteiger partial charge in [-0.15, -0.1) is 0 Å². The number of amides is 1. The molecule has 0 unspecified atom stereocenters. The van der Waals surface area contributed by atoms with Crippen molar-refractivity contribution in [1.82, 2.24) is 15.2 Å². The summed E-state index contributed by atoms with van der Waals surface area (Å²) in [5.41, 5.74) is 2.59. The zero-order chi connectivity index (χ0) is 18.6. The van der Waals surface area contributed by atoms with Crippen LogP contribution in [0.5, 0.6) is 0 Å². The SMILES string of the molecule is CC1=NN(CCC(=O)N2CC[C@H](c3ccccc3)[C@H]3NCCCC[C@H]32)CC1. The fourth-order valence-corrected chi connectivity index (χ4v) is 4.99. The Bertz CT molecular complexity index is 674. The van der Waals surface area contributed by atoms with Crippen LogP contribution in [-0.2, 0) is 4.79 Å². The second-order valence-electron chi connectivity index (χ2n) is 8.22. The molecule has 0 spiro atoms. The van der Waals surface area contributed by atoms with E-state index < -0.39 is 0 Å². The number of nitrogens with zero attached hydrogens (tertiary/aromatic N) is 3. The predicted molar refractivity (Wildman–Crippen MR) is 109 cm³/mol. The van der Waals surface area contributed by atoms with Crippen LogP contribution in [-0.4, -0.2) is 59.8 Å². The largest absolute Gasteiger partial charge is 0.338 e. The van der Waals surface area contributed by atoms with E-state index >= 15 is 0 Å². The summed E-state index contributed by atoms with van der Waals surface area (Å²) >= 11 is 0. The lowest BCUT2D eigenvalue weighted by Crippen LogP contribution is -2.58. The Labute approximate surface area is 162 Å². The Balaban J connectivity index is 1.45. The average molecular weight is 369 g/mol. The van der Waals surface area contributed by atoms with Crippen LogP contribution >= 0.6 is 0 Å². The Morgan fingerprint density at radius 1 is 1.19 bits per heavy atom. The summed E-state index contributed by atoms with van der Waals surface area (Å²) in [6.45, 7) is 5.72. The zero-order valence-corrected chi connectivity index (χ0v) is 16.4. The summed E-state index contributed by atoms with van der Waals surface area (Å²) in [5, 5.41) is 10.4. The Hall–Kier alpha value is -1.88. The van der Waals surface area contributed by atoms with Crippen molar-refractivity contribution in [2.24, 2.45) is 5.10 Å². The van der Waals surface area contributed by atoms with Crippen LogP contribution in [0.4, 0.5) is 0 Å². The number of carbonyl (C=O) groups excluding carboxylic acids is 1. The van der Waals surface area contributed by atoms with Crippen LogP contribution in [0.15, 0.2) is 35.4 Å². The number of rotatable bonds is 4. The molecule has 3 aliphatic rings. The number of piperidine rings is 1. The first-order chi connectivity index (χ1) is 13.2. The van der Waals surface area contributed by atoms with Gasteiger partial charge in [0.2, 0.25) is 5.91 Å². The molecule has 5 heteroatoms. The molecular weight excluding hydrogens is 336 g/mol. The molecule has 146 valence electrons. The van der Waals surface area contributed by atoms with Crippen LogP contribution < -0.4 is 5.32 Å². The Morgan fingerprint density at radius 3 is 2.81 bits per heavy atom. The fourth-order valence-electron chi connectivity index (χ4n) is 4.99. The first-order valence-corrected chi connectivity index (χ1v) is 10.6. The molecule has 0 bridgehead atoms. The van der Waals surface area contributed by atoms with Crippen LogP contribution in [0, 0.1) is 0 Å². The molecule has 5 nitrogen and oxygen atoms in total. The molecule has 27 heavy (non-hydrogen) atoms. The van der Waals surface area contributed by atoms with Crippen molar-refractivity contribution >= 4 is 11.6 Å². The van der Waals surface area contributed by atoms with Crippen LogP contribution in [0.25, 0.3) is 0 Å². The first kappa shape index (κ1) is 18.5. The number of likely N-dealkylation sites (tertiary alicyclic amines) is 1. The predicted octanol–water partition coefficient (Wildman–Crippen LogP) is 2.98. The minimum atomic E-state index is 0.306. The monoisotopic (exact) mass is 368 g/mol. The maximum Gasteiger partial charge on any atom is 0.224 e. The van der Waals surface area contributed by atoms with E-state index in [-0.39, 0.29) is 0 Å². The van der Waals surface area contributed by atoms with Gasteiger partial charge in [0.25, 0.3) is 0 Å². The van der Waals surface area contributed by atoms with Crippen molar-refractivity contribution in [3.8, 4) is 0 Å². The second kappa shape index (κ2) is 8.42. The van der Waals surface area contributed by atoms with Crippen LogP contribution in [0.3, 0.4) is 0 Å². The van der Waals surface area contributed by atoms with E-state index in [1.165, 1.54) is 24.1 Å². The summed E-state index contributed by atoms with van der Waals surface area (Å²) in [4.78, 5) is 15.3. The highest BCUT2D eigenvalue weighted by molar-refractivity contribution is 5.83. The van der Waals surface area contributed by atoms with Crippen molar-refractivity contribution in [2.75, 3.05) is 26.2 Å². The highest BCUT2D eigenvalue weighted by atomic mass is 16.2. The zero-order valence-electron chi connectivity index (χ0n) is 16.4. The Kier molecular flexibility index (Phi) is 5.77. The van der Waals surface area contributed by atoms with Gasteiger partial charge in [0.05, 0.1) is 0 Å².